The van der Waals surface area contributed by atoms with Crippen LogP contribution in [0.4, 0.5) is 0 Å². The van der Waals surface area contributed by atoms with Gasteiger partial charge in [0.05, 0.1) is 20.2 Å². The van der Waals surface area contributed by atoms with Crippen LogP contribution in [0.3, 0.4) is 0 Å². The molecule has 1 aromatic carbocycles. The number of aliphatic imine (C=N–C) groups is 1. The molecule has 0 aliphatic carbocycles. The van der Waals surface area contributed by atoms with E-state index in [0.29, 0.717) is 24.6 Å². The molecule has 0 bridgehead atoms. The summed E-state index contributed by atoms with van der Waals surface area (Å²) in [4.78, 5) is 17.5. The standard InChI is InChI=1S/C21H30N4O3S/c1-5-22-20(26)14-28-17-8-7-16(11-18(17)27-4)12-24-21(23-6-2)25-13-19-15(3)9-10-29-19/h7-11H,5-6,12-14H2,1-4H3,(H,22,26)(H2,23,24,25). The summed E-state index contributed by atoms with van der Waals surface area (Å²) < 4.78 is 11.0. The van der Waals surface area contributed by atoms with Gasteiger partial charge in [-0.2, -0.15) is 0 Å². The molecule has 0 aliphatic heterocycles. The third-order valence-corrected chi connectivity index (χ3v) is 5.13. The number of amides is 1. The molecular formula is C21H30N4O3S. The average molecular weight is 419 g/mol. The largest absolute Gasteiger partial charge is 0.493 e. The molecule has 0 atom stereocenters. The number of guanidine groups is 1. The highest BCUT2D eigenvalue weighted by Gasteiger charge is 2.09. The lowest BCUT2D eigenvalue weighted by molar-refractivity contribution is -0.123. The average Bonchev–Trinajstić information content (AvgIpc) is 3.13. The molecule has 0 unspecified atom stereocenters. The van der Waals surface area contributed by atoms with Crippen LogP contribution < -0.4 is 25.4 Å². The molecule has 0 aliphatic rings. The smallest absolute Gasteiger partial charge is 0.257 e. The lowest BCUT2D eigenvalue weighted by atomic mass is 10.2. The van der Waals surface area contributed by atoms with Crippen LogP contribution in [0.2, 0.25) is 0 Å². The Morgan fingerprint density at radius 3 is 2.55 bits per heavy atom. The van der Waals surface area contributed by atoms with Gasteiger partial charge in [-0.3, -0.25) is 4.79 Å². The van der Waals surface area contributed by atoms with E-state index in [1.54, 1.807) is 24.5 Å². The number of hydrogen-bond donors (Lipinski definition) is 3. The fourth-order valence-corrected chi connectivity index (χ4v) is 3.43. The first kappa shape index (κ1) is 22.5. The van der Waals surface area contributed by atoms with E-state index >= 15 is 0 Å². The highest BCUT2D eigenvalue weighted by atomic mass is 32.1. The van der Waals surface area contributed by atoms with Crippen molar-refractivity contribution >= 4 is 23.2 Å². The quantitative estimate of drug-likeness (QED) is 0.408. The lowest BCUT2D eigenvalue weighted by Crippen LogP contribution is -2.36. The second-order valence-electron chi connectivity index (χ2n) is 6.30. The topological polar surface area (TPSA) is 84.0 Å². The van der Waals surface area contributed by atoms with Crippen LogP contribution in [-0.4, -0.2) is 38.7 Å². The molecule has 0 fully saturated rings. The zero-order valence-corrected chi connectivity index (χ0v) is 18.3. The van der Waals surface area contributed by atoms with Gasteiger partial charge in [0.2, 0.25) is 0 Å². The SMILES string of the molecule is CCNC(=O)COc1ccc(CN=C(NCC)NCc2sccc2C)cc1OC. The van der Waals surface area contributed by atoms with Crippen LogP contribution in [0.15, 0.2) is 34.6 Å². The van der Waals surface area contributed by atoms with Crippen molar-refractivity contribution in [3.63, 3.8) is 0 Å². The summed E-state index contributed by atoms with van der Waals surface area (Å²) in [6.45, 7) is 8.56. The fraction of sp³-hybridized carbons (Fsp3) is 0.429. The Morgan fingerprint density at radius 1 is 1.10 bits per heavy atom. The summed E-state index contributed by atoms with van der Waals surface area (Å²) in [5.41, 5.74) is 2.27. The molecule has 0 radical (unpaired) electrons. The highest BCUT2D eigenvalue weighted by Crippen LogP contribution is 2.28. The second-order valence-corrected chi connectivity index (χ2v) is 7.30. The Balaban J connectivity index is 2.00. The van der Waals surface area contributed by atoms with Crippen molar-refractivity contribution in [1.29, 1.82) is 0 Å². The van der Waals surface area contributed by atoms with Crippen LogP contribution in [0.25, 0.3) is 0 Å². The molecule has 3 N–H and O–H groups in total. The van der Waals surface area contributed by atoms with Crippen LogP contribution in [0, 0.1) is 6.92 Å². The maximum absolute atomic E-state index is 11.6. The molecule has 0 saturated carbocycles. The van der Waals surface area contributed by atoms with Gasteiger partial charge < -0.3 is 25.4 Å². The van der Waals surface area contributed by atoms with Gasteiger partial charge in [0, 0.05) is 18.0 Å². The number of methoxy groups -OCH3 is 1. The Labute approximate surface area is 176 Å². The second kappa shape index (κ2) is 12.0. The number of thiophene rings is 1. The molecule has 1 heterocycles. The minimum absolute atomic E-state index is 0.0433. The maximum atomic E-state index is 11.6. The highest BCUT2D eigenvalue weighted by molar-refractivity contribution is 7.10. The number of carbonyl (C=O) groups is 1. The maximum Gasteiger partial charge on any atom is 0.257 e. The first-order valence-corrected chi connectivity index (χ1v) is 10.6. The summed E-state index contributed by atoms with van der Waals surface area (Å²) in [5, 5.41) is 11.4. The van der Waals surface area contributed by atoms with Gasteiger partial charge in [-0.1, -0.05) is 6.07 Å². The molecule has 1 aromatic heterocycles. The van der Waals surface area contributed by atoms with E-state index in [9.17, 15) is 4.79 Å². The van der Waals surface area contributed by atoms with E-state index in [0.717, 1.165) is 24.6 Å². The van der Waals surface area contributed by atoms with Gasteiger partial charge in [-0.15, -0.1) is 11.3 Å². The number of benzene rings is 1. The van der Waals surface area contributed by atoms with Crippen molar-refractivity contribution in [3.05, 3.63) is 45.6 Å². The number of likely N-dealkylation sites (N-methyl/N-ethyl adjacent to an activating group) is 1. The third kappa shape index (κ3) is 7.30. The number of rotatable bonds is 10. The normalized spacial score (nSPS) is 11.1. The molecule has 29 heavy (non-hydrogen) atoms. The Bertz CT molecular complexity index is 820. The molecule has 7 nitrogen and oxygen atoms in total. The van der Waals surface area contributed by atoms with E-state index < -0.39 is 0 Å². The van der Waals surface area contributed by atoms with E-state index in [-0.39, 0.29) is 12.5 Å². The Kier molecular flexibility index (Phi) is 9.30. The Morgan fingerprint density at radius 2 is 1.90 bits per heavy atom. The van der Waals surface area contributed by atoms with E-state index in [1.165, 1.54) is 10.4 Å². The first-order chi connectivity index (χ1) is 14.1. The number of carbonyl (C=O) groups excluding carboxylic acids is 1. The number of ether oxygens (including phenoxy) is 2. The summed E-state index contributed by atoms with van der Waals surface area (Å²) in [6.07, 6.45) is 0. The molecule has 158 valence electrons. The predicted octanol–water partition coefficient (Wildman–Crippen LogP) is 2.84. The van der Waals surface area contributed by atoms with Crippen LogP contribution in [-0.2, 0) is 17.9 Å². The van der Waals surface area contributed by atoms with Gasteiger partial charge in [-0.05, 0) is 55.5 Å². The minimum atomic E-state index is -0.162. The van der Waals surface area contributed by atoms with Crippen molar-refractivity contribution in [2.75, 3.05) is 26.8 Å². The molecule has 2 aromatic rings. The van der Waals surface area contributed by atoms with Gasteiger partial charge >= 0.3 is 0 Å². The molecule has 8 heteroatoms. The van der Waals surface area contributed by atoms with Crippen LogP contribution in [0.5, 0.6) is 11.5 Å². The zero-order chi connectivity index (χ0) is 21.1. The molecule has 2 rings (SSSR count). The van der Waals surface area contributed by atoms with Crippen molar-refractivity contribution < 1.29 is 14.3 Å². The number of aryl methyl sites for hydroxylation is 1. The van der Waals surface area contributed by atoms with Crippen molar-refractivity contribution in [2.45, 2.75) is 33.9 Å². The van der Waals surface area contributed by atoms with Crippen molar-refractivity contribution in [2.24, 2.45) is 4.99 Å². The summed E-state index contributed by atoms with van der Waals surface area (Å²) in [6, 6.07) is 7.72. The van der Waals surface area contributed by atoms with Crippen molar-refractivity contribution in [1.82, 2.24) is 16.0 Å². The predicted molar refractivity (Wildman–Crippen MR) is 118 cm³/mol. The number of hydrogen-bond acceptors (Lipinski definition) is 5. The monoisotopic (exact) mass is 418 g/mol. The summed E-state index contributed by atoms with van der Waals surface area (Å²) in [7, 11) is 1.58. The van der Waals surface area contributed by atoms with Crippen LogP contribution >= 0.6 is 11.3 Å². The number of nitrogens with zero attached hydrogens (tertiary/aromatic N) is 1. The third-order valence-electron chi connectivity index (χ3n) is 4.11. The van der Waals surface area contributed by atoms with Gasteiger partial charge in [0.1, 0.15) is 0 Å². The molecule has 0 spiro atoms. The Hall–Kier alpha value is -2.74. The van der Waals surface area contributed by atoms with Crippen molar-refractivity contribution in [3.8, 4) is 11.5 Å². The lowest BCUT2D eigenvalue weighted by Gasteiger charge is -2.13. The van der Waals surface area contributed by atoms with Gasteiger partial charge in [-0.25, -0.2) is 4.99 Å². The number of nitrogens with one attached hydrogen (secondary N) is 3. The van der Waals surface area contributed by atoms with E-state index in [2.05, 4.69) is 39.3 Å². The molecule has 1 amide bonds. The molecular weight excluding hydrogens is 388 g/mol. The zero-order valence-electron chi connectivity index (χ0n) is 17.5. The van der Waals surface area contributed by atoms with Gasteiger partial charge in [0.25, 0.3) is 5.91 Å². The van der Waals surface area contributed by atoms with E-state index in [1.807, 2.05) is 26.0 Å². The summed E-state index contributed by atoms with van der Waals surface area (Å²) >= 11 is 1.74. The van der Waals surface area contributed by atoms with Gasteiger partial charge in [0.15, 0.2) is 24.1 Å². The van der Waals surface area contributed by atoms with Crippen LogP contribution in [0.1, 0.15) is 29.9 Å². The summed E-state index contributed by atoms with van der Waals surface area (Å²) in [5.74, 6) is 1.71. The fourth-order valence-electron chi connectivity index (χ4n) is 2.58. The molecule has 0 saturated heterocycles. The minimum Gasteiger partial charge on any atom is -0.493 e. The van der Waals surface area contributed by atoms with E-state index in [4.69, 9.17) is 9.47 Å². The first-order valence-electron chi connectivity index (χ1n) is 9.68.